The van der Waals surface area contributed by atoms with Crippen LogP contribution in [0.1, 0.15) is 5.56 Å². The molecule has 1 heterocycles. The largest absolute Gasteiger partial charge is 0.322 e. The van der Waals surface area contributed by atoms with E-state index in [0.29, 0.717) is 5.56 Å². The highest BCUT2D eigenvalue weighted by Gasteiger charge is 2.18. The molecule has 1 aromatic carbocycles. The number of benzene rings is 1. The Kier molecular flexibility index (Phi) is 3.80. The van der Waals surface area contributed by atoms with E-state index >= 15 is 0 Å². The molecule has 1 aliphatic heterocycles. The number of anilines is 1. The number of carbonyl (C=O) groups is 1. The van der Waals surface area contributed by atoms with Gasteiger partial charge in [0.1, 0.15) is 0 Å². The maximum Gasteiger partial charge on any atom is 0.321 e. The van der Waals surface area contributed by atoms with Crippen molar-refractivity contribution in [3.8, 4) is 6.07 Å². The van der Waals surface area contributed by atoms with Crippen LogP contribution in [0.15, 0.2) is 24.3 Å². The molecule has 1 aromatic rings. The normalized spacial score (nSPS) is 16.1. The Labute approximate surface area is 107 Å². The van der Waals surface area contributed by atoms with Gasteiger partial charge in [-0.25, -0.2) is 4.79 Å². The van der Waals surface area contributed by atoms with Crippen LogP contribution in [0.4, 0.5) is 10.5 Å². The summed E-state index contributed by atoms with van der Waals surface area (Å²) >= 11 is 0. The van der Waals surface area contributed by atoms with E-state index < -0.39 is 0 Å². The second kappa shape index (κ2) is 5.52. The monoisotopic (exact) mass is 244 g/mol. The lowest BCUT2D eigenvalue weighted by Crippen LogP contribution is -2.48. The lowest BCUT2D eigenvalue weighted by Gasteiger charge is -2.32. The molecule has 0 saturated carbocycles. The fourth-order valence-corrected chi connectivity index (χ4v) is 1.84. The van der Waals surface area contributed by atoms with E-state index in [1.54, 1.807) is 29.2 Å². The molecule has 2 amide bonds. The van der Waals surface area contributed by atoms with Crippen LogP contribution in [0.3, 0.4) is 0 Å². The van der Waals surface area contributed by atoms with Crippen LogP contribution in [0.5, 0.6) is 0 Å². The fourth-order valence-electron chi connectivity index (χ4n) is 1.84. The number of carbonyl (C=O) groups excluding carboxylic acids is 1. The minimum absolute atomic E-state index is 0.0761. The summed E-state index contributed by atoms with van der Waals surface area (Å²) in [7, 11) is 2.05. The molecule has 0 bridgehead atoms. The summed E-state index contributed by atoms with van der Waals surface area (Å²) in [5.74, 6) is 0. The number of hydrogen-bond acceptors (Lipinski definition) is 3. The van der Waals surface area contributed by atoms with Gasteiger partial charge in [0.25, 0.3) is 0 Å². The molecule has 1 N–H and O–H groups in total. The second-order valence-corrected chi connectivity index (χ2v) is 4.41. The number of nitrogens with zero attached hydrogens (tertiary/aromatic N) is 3. The topological polar surface area (TPSA) is 59.4 Å². The average Bonchev–Trinajstić information content (AvgIpc) is 2.40. The van der Waals surface area contributed by atoms with Crippen molar-refractivity contribution in [2.24, 2.45) is 0 Å². The molecule has 0 atom stereocenters. The third-order valence-corrected chi connectivity index (χ3v) is 3.06. The highest BCUT2D eigenvalue weighted by molar-refractivity contribution is 5.89. The number of rotatable bonds is 1. The van der Waals surface area contributed by atoms with Crippen molar-refractivity contribution in [1.82, 2.24) is 9.80 Å². The molecular formula is C13H16N4O. The van der Waals surface area contributed by atoms with Crippen molar-refractivity contribution in [3.63, 3.8) is 0 Å². The first-order valence-electron chi connectivity index (χ1n) is 5.93. The minimum Gasteiger partial charge on any atom is -0.322 e. The summed E-state index contributed by atoms with van der Waals surface area (Å²) in [6.45, 7) is 3.30. The first kappa shape index (κ1) is 12.4. The lowest BCUT2D eigenvalue weighted by molar-refractivity contribution is 0.164. The Bertz CT molecular complexity index is 455. The van der Waals surface area contributed by atoms with E-state index in [-0.39, 0.29) is 6.03 Å². The molecule has 0 spiro atoms. The number of urea groups is 1. The number of likely N-dealkylation sites (N-methyl/N-ethyl adjacent to an activating group) is 1. The van der Waals surface area contributed by atoms with Crippen molar-refractivity contribution >= 4 is 11.7 Å². The molecule has 94 valence electrons. The predicted octanol–water partition coefficient (Wildman–Crippen LogP) is 1.34. The predicted molar refractivity (Wildman–Crippen MR) is 69.2 cm³/mol. The van der Waals surface area contributed by atoms with E-state index in [9.17, 15) is 4.79 Å². The minimum atomic E-state index is -0.0761. The lowest BCUT2D eigenvalue weighted by atomic mass is 10.2. The Morgan fingerprint density at radius 2 is 1.83 bits per heavy atom. The molecule has 0 unspecified atom stereocenters. The summed E-state index contributed by atoms with van der Waals surface area (Å²) in [5, 5.41) is 11.5. The van der Waals surface area contributed by atoms with Gasteiger partial charge in [0.15, 0.2) is 0 Å². The molecule has 1 aliphatic rings. The first-order valence-corrected chi connectivity index (χ1v) is 5.93. The van der Waals surface area contributed by atoms with Crippen LogP contribution in [0, 0.1) is 11.3 Å². The van der Waals surface area contributed by atoms with Gasteiger partial charge in [0.2, 0.25) is 0 Å². The van der Waals surface area contributed by atoms with Crippen LogP contribution in [-0.4, -0.2) is 49.1 Å². The summed E-state index contributed by atoms with van der Waals surface area (Å²) in [6, 6.07) is 8.84. The van der Waals surface area contributed by atoms with E-state index in [4.69, 9.17) is 5.26 Å². The Hall–Kier alpha value is -2.06. The van der Waals surface area contributed by atoms with Gasteiger partial charge in [0.05, 0.1) is 11.6 Å². The van der Waals surface area contributed by atoms with Crippen LogP contribution < -0.4 is 5.32 Å². The molecule has 1 fully saturated rings. The summed E-state index contributed by atoms with van der Waals surface area (Å²) in [5.41, 5.74) is 1.31. The van der Waals surface area contributed by atoms with Crippen LogP contribution in [0.25, 0.3) is 0 Å². The van der Waals surface area contributed by atoms with E-state index in [2.05, 4.69) is 17.3 Å². The van der Waals surface area contributed by atoms with Crippen LogP contribution >= 0.6 is 0 Å². The number of piperazine rings is 1. The van der Waals surface area contributed by atoms with Gasteiger partial charge in [-0.05, 0) is 31.3 Å². The highest BCUT2D eigenvalue weighted by atomic mass is 16.2. The molecule has 0 aliphatic carbocycles. The average molecular weight is 244 g/mol. The second-order valence-electron chi connectivity index (χ2n) is 4.41. The quantitative estimate of drug-likeness (QED) is 0.811. The zero-order chi connectivity index (χ0) is 13.0. The third kappa shape index (κ3) is 2.99. The van der Waals surface area contributed by atoms with Crippen LogP contribution in [0.2, 0.25) is 0 Å². The number of hydrogen-bond donors (Lipinski definition) is 1. The van der Waals surface area contributed by atoms with Gasteiger partial charge in [-0.2, -0.15) is 5.26 Å². The maximum atomic E-state index is 12.0. The highest BCUT2D eigenvalue weighted by Crippen LogP contribution is 2.10. The number of nitrogens with one attached hydrogen (secondary N) is 1. The van der Waals surface area contributed by atoms with Gasteiger partial charge in [-0.3, -0.25) is 0 Å². The molecule has 2 rings (SSSR count). The van der Waals surface area contributed by atoms with Gasteiger partial charge < -0.3 is 15.1 Å². The molecule has 0 radical (unpaired) electrons. The van der Waals surface area contributed by atoms with Gasteiger partial charge >= 0.3 is 6.03 Å². The van der Waals surface area contributed by atoms with Crippen LogP contribution in [-0.2, 0) is 0 Å². The molecule has 18 heavy (non-hydrogen) atoms. The maximum absolute atomic E-state index is 12.0. The zero-order valence-electron chi connectivity index (χ0n) is 10.4. The Morgan fingerprint density at radius 1 is 1.22 bits per heavy atom. The molecule has 5 heteroatoms. The smallest absolute Gasteiger partial charge is 0.321 e. The molecule has 5 nitrogen and oxygen atoms in total. The molecule has 1 saturated heterocycles. The summed E-state index contributed by atoms with van der Waals surface area (Å²) in [4.78, 5) is 16.0. The van der Waals surface area contributed by atoms with Crippen molar-refractivity contribution < 1.29 is 4.79 Å². The summed E-state index contributed by atoms with van der Waals surface area (Å²) < 4.78 is 0. The van der Waals surface area contributed by atoms with Crippen molar-refractivity contribution in [3.05, 3.63) is 29.8 Å². The number of amides is 2. The molecule has 0 aromatic heterocycles. The summed E-state index contributed by atoms with van der Waals surface area (Å²) in [6.07, 6.45) is 0. The Balaban J connectivity index is 1.92. The standard InChI is InChI=1S/C13H16N4O/c1-16-6-8-17(9-7-16)13(18)15-12-4-2-11(10-14)3-5-12/h2-5H,6-9H2,1H3,(H,15,18). The van der Waals surface area contributed by atoms with E-state index in [1.807, 2.05) is 6.07 Å². The Morgan fingerprint density at radius 3 is 2.39 bits per heavy atom. The molecular weight excluding hydrogens is 228 g/mol. The third-order valence-electron chi connectivity index (χ3n) is 3.06. The van der Waals surface area contributed by atoms with E-state index in [0.717, 1.165) is 31.9 Å². The van der Waals surface area contributed by atoms with Gasteiger partial charge in [-0.15, -0.1) is 0 Å². The fraction of sp³-hybridized carbons (Fsp3) is 0.385. The van der Waals surface area contributed by atoms with Crippen molar-refractivity contribution in [2.75, 3.05) is 38.5 Å². The van der Waals surface area contributed by atoms with Crippen molar-refractivity contribution in [2.45, 2.75) is 0 Å². The van der Waals surface area contributed by atoms with Crippen molar-refractivity contribution in [1.29, 1.82) is 5.26 Å². The van der Waals surface area contributed by atoms with Gasteiger partial charge in [-0.1, -0.05) is 0 Å². The van der Waals surface area contributed by atoms with Gasteiger partial charge in [0, 0.05) is 31.9 Å². The zero-order valence-corrected chi connectivity index (χ0v) is 10.4. The van der Waals surface area contributed by atoms with E-state index in [1.165, 1.54) is 0 Å². The first-order chi connectivity index (χ1) is 8.69. The number of nitriles is 1. The SMILES string of the molecule is CN1CCN(C(=O)Nc2ccc(C#N)cc2)CC1.